The van der Waals surface area contributed by atoms with Crippen LogP contribution in [-0.2, 0) is 33.3 Å². The van der Waals surface area contributed by atoms with E-state index in [0.29, 0.717) is 0 Å². The van der Waals surface area contributed by atoms with E-state index in [9.17, 15) is 18.8 Å². The van der Waals surface area contributed by atoms with Crippen LogP contribution in [0.2, 0.25) is 0 Å². The molecular formula is C17H27F2NO7. The number of ether oxygens (including phenoxy) is 4. The summed E-state index contributed by atoms with van der Waals surface area (Å²) in [4.78, 5) is 34.9. The summed E-state index contributed by atoms with van der Waals surface area (Å²) in [5.74, 6) is -7.32. The second-order valence-corrected chi connectivity index (χ2v) is 6.42. The zero-order chi connectivity index (χ0) is 20.9. The third kappa shape index (κ3) is 5.13. The Morgan fingerprint density at radius 2 is 1.74 bits per heavy atom. The summed E-state index contributed by atoms with van der Waals surface area (Å²) in [6.45, 7) is 6.58. The van der Waals surface area contributed by atoms with Crippen LogP contribution in [0.4, 0.5) is 8.78 Å². The molecule has 1 aliphatic rings. The fourth-order valence-electron chi connectivity index (χ4n) is 3.00. The van der Waals surface area contributed by atoms with Crippen LogP contribution >= 0.6 is 0 Å². The molecule has 0 aliphatic carbocycles. The van der Waals surface area contributed by atoms with Gasteiger partial charge in [-0.2, -0.15) is 4.39 Å². The predicted molar refractivity (Wildman–Crippen MR) is 88.8 cm³/mol. The fraction of sp³-hybridized carbons (Fsp3) is 0.824. The van der Waals surface area contributed by atoms with Crippen LogP contribution in [0.3, 0.4) is 0 Å². The minimum Gasteiger partial charge on any atom is -0.462 e. The Balaban J connectivity index is 3.30. The highest BCUT2D eigenvalue weighted by Crippen LogP contribution is 2.39. The Kier molecular flexibility index (Phi) is 8.09. The molecule has 0 saturated carbocycles. The van der Waals surface area contributed by atoms with Crippen LogP contribution in [0.5, 0.6) is 0 Å². The fourth-order valence-corrected chi connectivity index (χ4v) is 3.00. The smallest absolute Gasteiger partial charge is 0.375 e. The lowest BCUT2D eigenvalue weighted by atomic mass is 9.82. The molecule has 0 aromatic rings. The number of rotatable bonds is 7. The molecule has 5 unspecified atom stereocenters. The van der Waals surface area contributed by atoms with Crippen LogP contribution < -0.4 is 5.73 Å². The highest BCUT2D eigenvalue weighted by atomic mass is 19.2. The van der Waals surface area contributed by atoms with Gasteiger partial charge in [0.25, 0.3) is 0 Å². The van der Waals surface area contributed by atoms with Gasteiger partial charge in [-0.1, -0.05) is 13.8 Å². The first-order valence-corrected chi connectivity index (χ1v) is 8.77. The third-order valence-electron chi connectivity index (χ3n) is 4.39. The molecule has 156 valence electrons. The first kappa shape index (κ1) is 23.2. The van der Waals surface area contributed by atoms with Gasteiger partial charge in [0.15, 0.2) is 12.3 Å². The zero-order valence-corrected chi connectivity index (χ0v) is 16.1. The number of halogens is 2. The maximum Gasteiger partial charge on any atom is 0.375 e. The number of esters is 3. The van der Waals surface area contributed by atoms with E-state index in [-0.39, 0.29) is 13.0 Å². The summed E-state index contributed by atoms with van der Waals surface area (Å²) >= 11 is 0. The number of carbonyl (C=O) groups is 3. The molecule has 0 bridgehead atoms. The first-order chi connectivity index (χ1) is 12.5. The minimum absolute atomic E-state index is 0.192. The molecule has 0 aromatic carbocycles. The largest absolute Gasteiger partial charge is 0.462 e. The lowest BCUT2D eigenvalue weighted by Gasteiger charge is -2.46. The van der Waals surface area contributed by atoms with E-state index in [1.165, 1.54) is 13.8 Å². The van der Waals surface area contributed by atoms with E-state index in [1.807, 2.05) is 0 Å². The highest BCUT2D eigenvalue weighted by molar-refractivity contribution is 5.79. The van der Waals surface area contributed by atoms with Gasteiger partial charge in [-0.25, -0.2) is 9.18 Å². The summed E-state index contributed by atoms with van der Waals surface area (Å²) in [6.07, 6.45) is -5.95. The van der Waals surface area contributed by atoms with E-state index >= 15 is 4.39 Å². The van der Waals surface area contributed by atoms with E-state index in [1.54, 1.807) is 6.92 Å². The normalized spacial score (nSPS) is 32.9. The monoisotopic (exact) mass is 395 g/mol. The van der Waals surface area contributed by atoms with E-state index in [2.05, 4.69) is 4.74 Å². The van der Waals surface area contributed by atoms with Crippen LogP contribution in [0, 0.1) is 5.92 Å². The van der Waals surface area contributed by atoms with Crippen molar-refractivity contribution in [2.45, 2.75) is 77.4 Å². The molecule has 0 amide bonds. The van der Waals surface area contributed by atoms with Gasteiger partial charge >= 0.3 is 23.8 Å². The Labute approximate surface area is 156 Å². The van der Waals surface area contributed by atoms with Crippen molar-refractivity contribution in [3.63, 3.8) is 0 Å². The number of alkyl halides is 2. The topological polar surface area (TPSA) is 114 Å². The van der Waals surface area contributed by atoms with E-state index in [0.717, 1.165) is 13.8 Å². The molecule has 27 heavy (non-hydrogen) atoms. The molecule has 7 atom stereocenters. The molecule has 0 aromatic heterocycles. The van der Waals surface area contributed by atoms with Gasteiger partial charge in [-0.05, 0) is 13.3 Å². The summed E-state index contributed by atoms with van der Waals surface area (Å²) in [6, 6.07) is -1.45. The van der Waals surface area contributed by atoms with Gasteiger partial charge in [0.2, 0.25) is 0 Å². The quantitative estimate of drug-likeness (QED) is 0.505. The first-order valence-electron chi connectivity index (χ1n) is 8.77. The van der Waals surface area contributed by atoms with Gasteiger partial charge in [-0.15, -0.1) is 0 Å². The van der Waals surface area contributed by atoms with E-state index in [4.69, 9.17) is 19.9 Å². The third-order valence-corrected chi connectivity index (χ3v) is 4.39. The van der Waals surface area contributed by atoms with Gasteiger partial charge in [0, 0.05) is 25.8 Å². The average Bonchev–Trinajstić information content (AvgIpc) is 2.59. The predicted octanol–water partition coefficient (Wildman–Crippen LogP) is 1.19. The minimum atomic E-state index is -3.47. The zero-order valence-electron chi connectivity index (χ0n) is 16.1. The van der Waals surface area contributed by atoms with Crippen LogP contribution in [0.25, 0.3) is 0 Å². The van der Waals surface area contributed by atoms with Crippen molar-refractivity contribution in [3.05, 3.63) is 0 Å². The van der Waals surface area contributed by atoms with Gasteiger partial charge in [-0.3, -0.25) is 9.59 Å². The number of hydrogen-bond donors (Lipinski definition) is 1. The molecular weight excluding hydrogens is 368 g/mol. The Morgan fingerprint density at radius 1 is 1.19 bits per heavy atom. The summed E-state index contributed by atoms with van der Waals surface area (Å²) in [7, 11) is 0. The molecule has 1 fully saturated rings. The molecule has 1 saturated heterocycles. The van der Waals surface area contributed by atoms with Crippen molar-refractivity contribution in [1.29, 1.82) is 0 Å². The maximum atomic E-state index is 15.1. The van der Waals surface area contributed by atoms with Crippen molar-refractivity contribution in [2.24, 2.45) is 11.7 Å². The van der Waals surface area contributed by atoms with Gasteiger partial charge in [0.05, 0.1) is 6.61 Å². The Morgan fingerprint density at radius 3 is 2.19 bits per heavy atom. The lowest BCUT2D eigenvalue weighted by molar-refractivity contribution is -0.286. The van der Waals surface area contributed by atoms with Crippen molar-refractivity contribution in [1.82, 2.24) is 0 Å². The second-order valence-electron chi connectivity index (χ2n) is 6.42. The molecule has 1 heterocycles. The molecule has 0 radical (unpaired) electrons. The van der Waals surface area contributed by atoms with Gasteiger partial charge in [0.1, 0.15) is 12.2 Å². The van der Waals surface area contributed by atoms with Crippen LogP contribution in [0.15, 0.2) is 0 Å². The van der Waals surface area contributed by atoms with Crippen molar-refractivity contribution < 1.29 is 42.1 Å². The SMILES string of the molecule is CCOC(=O)C1(F)OC([C@H](OC(C)=O)[C@@H](CC)OC(C)=O)C(C)C(N)C1F. The summed E-state index contributed by atoms with van der Waals surface area (Å²) < 4.78 is 49.7. The van der Waals surface area contributed by atoms with E-state index < -0.39 is 60.2 Å². The molecule has 2 N–H and O–H groups in total. The summed E-state index contributed by atoms with van der Waals surface area (Å²) in [5, 5.41) is 0. The van der Waals surface area contributed by atoms with Crippen LogP contribution in [-0.4, -0.2) is 60.9 Å². The van der Waals surface area contributed by atoms with Crippen molar-refractivity contribution >= 4 is 17.9 Å². The number of hydrogen-bond acceptors (Lipinski definition) is 8. The maximum absolute atomic E-state index is 15.1. The molecule has 1 rings (SSSR count). The molecule has 8 nitrogen and oxygen atoms in total. The average molecular weight is 395 g/mol. The van der Waals surface area contributed by atoms with Gasteiger partial charge < -0.3 is 24.7 Å². The highest BCUT2D eigenvalue weighted by Gasteiger charge is 2.62. The number of carbonyl (C=O) groups excluding carboxylic acids is 3. The summed E-state index contributed by atoms with van der Waals surface area (Å²) in [5.41, 5.74) is 5.78. The Bertz CT molecular complexity index is 561. The standard InChI is InChI=1S/C17H27F2NO7/c1-6-11(25-9(4)21)14(26-10(5)22)13-8(3)12(20)15(18)17(19,27-13)16(23)24-7-2/h8,11-15H,6-7,20H2,1-5H3/t8?,11-,12?,13?,14-,15?,17?/m1/s1. The van der Waals surface area contributed by atoms with Crippen LogP contribution in [0.1, 0.15) is 41.0 Å². The lowest BCUT2D eigenvalue weighted by Crippen LogP contribution is -2.67. The Hall–Kier alpha value is -1.81. The molecule has 1 aliphatic heterocycles. The molecule has 0 spiro atoms. The molecule has 10 heteroatoms. The second kappa shape index (κ2) is 9.41. The van der Waals surface area contributed by atoms with Crippen molar-refractivity contribution in [3.8, 4) is 0 Å². The van der Waals surface area contributed by atoms with Crippen molar-refractivity contribution in [2.75, 3.05) is 6.61 Å². The number of nitrogens with two attached hydrogens (primary N) is 1.